The van der Waals surface area contributed by atoms with E-state index in [1.807, 2.05) is 33.8 Å². The summed E-state index contributed by atoms with van der Waals surface area (Å²) in [4.78, 5) is 51.6. The fourth-order valence-corrected chi connectivity index (χ4v) is 5.04. The van der Waals surface area contributed by atoms with E-state index in [9.17, 15) is 19.2 Å². The standard InChI is InChI=1S/C26H36N2O5/c1-15-12-20(18(4)17(3)16(15)2)21(29)14-33-22(30)13-28-23(31)26(27-24(28)32)10-8-19(9-11-26)25(5,6)7/h12,19H,8-11,13-14H2,1-7H3,(H,27,32). The van der Waals surface area contributed by atoms with Gasteiger partial charge in [-0.1, -0.05) is 20.8 Å². The van der Waals surface area contributed by atoms with Gasteiger partial charge in [0.2, 0.25) is 5.78 Å². The fourth-order valence-electron chi connectivity index (χ4n) is 5.04. The highest BCUT2D eigenvalue weighted by Crippen LogP contribution is 2.43. The molecule has 180 valence electrons. The first-order valence-electron chi connectivity index (χ1n) is 11.7. The lowest BCUT2D eigenvalue weighted by Crippen LogP contribution is -2.50. The summed E-state index contributed by atoms with van der Waals surface area (Å²) < 4.78 is 5.16. The van der Waals surface area contributed by atoms with Crippen LogP contribution in [0.25, 0.3) is 0 Å². The molecule has 1 saturated heterocycles. The van der Waals surface area contributed by atoms with Gasteiger partial charge in [0.1, 0.15) is 12.1 Å². The summed E-state index contributed by atoms with van der Waals surface area (Å²) in [5, 5.41) is 2.83. The third-order valence-corrected chi connectivity index (χ3v) is 7.74. The molecule has 3 amide bonds. The molecule has 0 aromatic heterocycles. The van der Waals surface area contributed by atoms with E-state index in [0.717, 1.165) is 40.0 Å². The molecular weight excluding hydrogens is 420 g/mol. The van der Waals surface area contributed by atoms with Gasteiger partial charge in [0.15, 0.2) is 6.61 Å². The number of imide groups is 1. The molecule has 0 atom stereocenters. The molecule has 7 heteroatoms. The smallest absolute Gasteiger partial charge is 0.326 e. The van der Waals surface area contributed by atoms with E-state index in [1.165, 1.54) is 0 Å². The molecule has 33 heavy (non-hydrogen) atoms. The van der Waals surface area contributed by atoms with Crippen LogP contribution >= 0.6 is 0 Å². The van der Waals surface area contributed by atoms with Gasteiger partial charge in [-0.05, 0) is 93.0 Å². The Labute approximate surface area is 196 Å². The van der Waals surface area contributed by atoms with Crippen LogP contribution in [0.1, 0.15) is 79.1 Å². The lowest BCUT2D eigenvalue weighted by Gasteiger charge is -2.40. The predicted octanol–water partition coefficient (Wildman–Crippen LogP) is 4.17. The maximum Gasteiger partial charge on any atom is 0.326 e. The van der Waals surface area contributed by atoms with Crippen molar-refractivity contribution in [2.75, 3.05) is 13.2 Å². The van der Waals surface area contributed by atoms with Gasteiger partial charge in [-0.25, -0.2) is 4.79 Å². The number of Topliss-reactive ketones (excluding diaryl/α,β-unsaturated/α-hetero) is 1. The Kier molecular flexibility index (Phi) is 6.74. The van der Waals surface area contributed by atoms with Crippen LogP contribution in [0.4, 0.5) is 4.79 Å². The third-order valence-electron chi connectivity index (χ3n) is 7.74. The zero-order valence-electron chi connectivity index (χ0n) is 20.9. The van der Waals surface area contributed by atoms with Gasteiger partial charge in [0.25, 0.3) is 5.91 Å². The number of hydrogen-bond acceptors (Lipinski definition) is 5. The highest BCUT2D eigenvalue weighted by Gasteiger charge is 2.53. The number of rotatable bonds is 5. The van der Waals surface area contributed by atoms with Crippen molar-refractivity contribution < 1.29 is 23.9 Å². The van der Waals surface area contributed by atoms with Gasteiger partial charge in [-0.15, -0.1) is 0 Å². The second-order valence-corrected chi connectivity index (χ2v) is 10.7. The minimum absolute atomic E-state index is 0.149. The van der Waals surface area contributed by atoms with Crippen LogP contribution in [-0.4, -0.2) is 47.3 Å². The molecule has 1 spiro atoms. The Bertz CT molecular complexity index is 997. The Hall–Kier alpha value is -2.70. The lowest BCUT2D eigenvalue weighted by atomic mass is 9.67. The Morgan fingerprint density at radius 2 is 1.67 bits per heavy atom. The number of nitrogens with zero attached hydrogens (tertiary/aromatic N) is 1. The number of ether oxygens (including phenoxy) is 1. The van der Waals surface area contributed by atoms with Crippen LogP contribution in [0, 0.1) is 39.0 Å². The minimum atomic E-state index is -0.928. The normalized spacial score (nSPS) is 23.1. The summed E-state index contributed by atoms with van der Waals surface area (Å²) in [6.45, 7) is 13.4. The van der Waals surface area contributed by atoms with Gasteiger partial charge in [0, 0.05) is 5.56 Å². The van der Waals surface area contributed by atoms with Crippen LogP contribution in [0.15, 0.2) is 6.07 Å². The van der Waals surface area contributed by atoms with Crippen molar-refractivity contribution in [1.29, 1.82) is 0 Å². The molecule has 2 fully saturated rings. The molecule has 1 saturated carbocycles. The molecule has 1 heterocycles. The first kappa shape index (κ1) is 24.9. The van der Waals surface area contributed by atoms with E-state index in [4.69, 9.17) is 4.74 Å². The monoisotopic (exact) mass is 456 g/mol. The van der Waals surface area contributed by atoms with Crippen molar-refractivity contribution in [3.8, 4) is 0 Å². The first-order chi connectivity index (χ1) is 15.3. The molecule has 1 N–H and O–H groups in total. The minimum Gasteiger partial charge on any atom is -0.456 e. The van der Waals surface area contributed by atoms with Crippen LogP contribution in [0.5, 0.6) is 0 Å². The van der Waals surface area contributed by atoms with Crippen molar-refractivity contribution in [3.63, 3.8) is 0 Å². The summed E-state index contributed by atoms with van der Waals surface area (Å²) in [5.74, 6) is -0.967. The number of ketones is 1. The predicted molar refractivity (Wildman–Crippen MR) is 125 cm³/mol. The number of hydrogen-bond donors (Lipinski definition) is 1. The second kappa shape index (κ2) is 8.92. The molecule has 2 aliphatic rings. The molecule has 1 aromatic rings. The highest BCUT2D eigenvalue weighted by molar-refractivity contribution is 6.09. The van der Waals surface area contributed by atoms with E-state index in [-0.39, 0.29) is 17.1 Å². The van der Waals surface area contributed by atoms with E-state index in [2.05, 4.69) is 26.1 Å². The molecular formula is C26H36N2O5. The number of urea groups is 1. The Morgan fingerprint density at radius 1 is 1.06 bits per heavy atom. The number of carbonyl (C=O) groups excluding carboxylic acids is 4. The second-order valence-electron chi connectivity index (χ2n) is 10.7. The van der Waals surface area contributed by atoms with E-state index < -0.39 is 30.7 Å². The third kappa shape index (κ3) is 4.82. The van der Waals surface area contributed by atoms with Crippen molar-refractivity contribution in [3.05, 3.63) is 33.9 Å². The number of carbonyl (C=O) groups is 4. The summed E-state index contributed by atoms with van der Waals surface area (Å²) in [6.07, 6.45) is 2.82. The quantitative estimate of drug-likeness (QED) is 0.408. The maximum absolute atomic E-state index is 13.1. The molecule has 0 unspecified atom stereocenters. The van der Waals surface area contributed by atoms with E-state index >= 15 is 0 Å². The zero-order chi connectivity index (χ0) is 24.7. The summed E-state index contributed by atoms with van der Waals surface area (Å²) >= 11 is 0. The van der Waals surface area contributed by atoms with Gasteiger partial charge in [-0.3, -0.25) is 19.3 Å². The number of nitrogens with one attached hydrogen (secondary N) is 1. The summed E-state index contributed by atoms with van der Waals surface area (Å²) in [7, 11) is 0. The summed E-state index contributed by atoms with van der Waals surface area (Å²) in [6, 6.07) is 1.24. The molecule has 1 aromatic carbocycles. The zero-order valence-corrected chi connectivity index (χ0v) is 20.9. The van der Waals surface area contributed by atoms with Gasteiger partial charge in [0.05, 0.1) is 0 Å². The van der Waals surface area contributed by atoms with Crippen molar-refractivity contribution in [2.45, 2.75) is 79.7 Å². The van der Waals surface area contributed by atoms with Crippen LogP contribution in [-0.2, 0) is 14.3 Å². The van der Waals surface area contributed by atoms with Gasteiger partial charge < -0.3 is 10.1 Å². The molecule has 0 bridgehead atoms. The van der Waals surface area contributed by atoms with E-state index in [0.29, 0.717) is 24.3 Å². The number of benzene rings is 1. The first-order valence-corrected chi connectivity index (χ1v) is 11.7. The Morgan fingerprint density at radius 3 is 2.24 bits per heavy atom. The van der Waals surface area contributed by atoms with E-state index in [1.54, 1.807) is 0 Å². The largest absolute Gasteiger partial charge is 0.456 e. The molecule has 3 rings (SSSR count). The number of aryl methyl sites for hydroxylation is 1. The number of amides is 3. The van der Waals surface area contributed by atoms with Gasteiger partial charge >= 0.3 is 12.0 Å². The van der Waals surface area contributed by atoms with Crippen LogP contribution in [0.3, 0.4) is 0 Å². The maximum atomic E-state index is 13.1. The SMILES string of the molecule is Cc1cc(C(=O)COC(=O)CN2C(=O)NC3(CCC(C(C)(C)C)CC3)C2=O)c(C)c(C)c1C. The average Bonchev–Trinajstić information content (AvgIpc) is 2.96. The lowest BCUT2D eigenvalue weighted by molar-refractivity contribution is -0.147. The van der Waals surface area contributed by atoms with Crippen LogP contribution < -0.4 is 5.32 Å². The van der Waals surface area contributed by atoms with Crippen LogP contribution in [0.2, 0.25) is 0 Å². The molecule has 1 aliphatic carbocycles. The van der Waals surface area contributed by atoms with Crippen molar-refractivity contribution >= 4 is 23.7 Å². The van der Waals surface area contributed by atoms with Crippen molar-refractivity contribution in [2.24, 2.45) is 11.3 Å². The molecule has 1 aliphatic heterocycles. The highest BCUT2D eigenvalue weighted by atomic mass is 16.5. The van der Waals surface area contributed by atoms with Gasteiger partial charge in [-0.2, -0.15) is 0 Å². The number of esters is 1. The molecule has 7 nitrogen and oxygen atoms in total. The molecule has 0 radical (unpaired) electrons. The summed E-state index contributed by atoms with van der Waals surface area (Å²) in [5.41, 5.74) is 3.77. The topological polar surface area (TPSA) is 92.8 Å². The Balaban J connectivity index is 1.60. The average molecular weight is 457 g/mol. The fraction of sp³-hybridized carbons (Fsp3) is 0.615. The van der Waals surface area contributed by atoms with Crippen molar-refractivity contribution in [1.82, 2.24) is 10.2 Å².